The van der Waals surface area contributed by atoms with Crippen molar-refractivity contribution in [1.29, 1.82) is 5.26 Å². The van der Waals surface area contributed by atoms with Gasteiger partial charge in [-0.2, -0.15) is 5.26 Å². The van der Waals surface area contributed by atoms with E-state index < -0.39 is 0 Å². The molecule has 2 rings (SSSR count). The Bertz CT molecular complexity index is 547. The monoisotopic (exact) mass is 289 g/mol. The summed E-state index contributed by atoms with van der Waals surface area (Å²) in [6.07, 6.45) is 3.11. The van der Waals surface area contributed by atoms with Crippen molar-refractivity contribution in [3.05, 3.63) is 22.9 Å². The second-order valence-corrected chi connectivity index (χ2v) is 5.73. The van der Waals surface area contributed by atoms with Crippen LogP contribution in [0.3, 0.4) is 0 Å². The van der Waals surface area contributed by atoms with Crippen LogP contribution in [0.1, 0.15) is 37.1 Å². The number of hydrogen-bond acceptors (Lipinski definition) is 4. The summed E-state index contributed by atoms with van der Waals surface area (Å²) in [5.74, 6) is 0.452. The Morgan fingerprint density at radius 1 is 1.45 bits per heavy atom. The summed E-state index contributed by atoms with van der Waals surface area (Å²) in [6.45, 7) is 5.39. The van der Waals surface area contributed by atoms with Crippen LogP contribution in [0.15, 0.2) is 11.1 Å². The van der Waals surface area contributed by atoms with E-state index in [1.165, 1.54) is 17.3 Å². The lowest BCUT2D eigenvalue weighted by molar-refractivity contribution is -0.127. The number of carbonyl (C=O) groups is 1. The van der Waals surface area contributed by atoms with Crippen LogP contribution in [0, 0.1) is 11.3 Å². The quantitative estimate of drug-likeness (QED) is 0.781. The molecule has 5 heteroatoms. The third-order valence-corrected chi connectivity index (χ3v) is 4.56. The standard InChI is InChI=1S/C15H19N3OS/c1-3-18(4-2)14(19)10-20-15-12(9-16)8-11-6-5-7-13(11)17-15/h8H,3-7,10H2,1-2H3. The van der Waals surface area contributed by atoms with E-state index in [0.717, 1.165) is 38.0 Å². The molecule has 0 aliphatic heterocycles. The lowest BCUT2D eigenvalue weighted by Gasteiger charge is -2.18. The van der Waals surface area contributed by atoms with Crippen LogP contribution in [0.5, 0.6) is 0 Å². The summed E-state index contributed by atoms with van der Waals surface area (Å²) in [7, 11) is 0. The zero-order valence-electron chi connectivity index (χ0n) is 12.0. The fraction of sp³-hybridized carbons (Fsp3) is 0.533. The molecule has 4 nitrogen and oxygen atoms in total. The lowest BCUT2D eigenvalue weighted by Crippen LogP contribution is -2.31. The molecule has 1 aliphatic rings. The molecule has 0 radical (unpaired) electrons. The molecule has 1 heterocycles. The predicted molar refractivity (Wildman–Crippen MR) is 79.6 cm³/mol. The van der Waals surface area contributed by atoms with Gasteiger partial charge in [0.05, 0.1) is 11.3 Å². The van der Waals surface area contributed by atoms with Crippen molar-refractivity contribution in [2.24, 2.45) is 0 Å². The summed E-state index contributed by atoms with van der Waals surface area (Å²) in [5.41, 5.74) is 2.89. The van der Waals surface area contributed by atoms with Crippen LogP contribution in [0.25, 0.3) is 0 Å². The molecule has 106 valence electrons. The summed E-state index contributed by atoms with van der Waals surface area (Å²) < 4.78 is 0. The molecule has 0 fully saturated rings. The second-order valence-electron chi connectivity index (χ2n) is 4.77. The number of carbonyl (C=O) groups excluding carboxylic acids is 1. The number of aromatic nitrogens is 1. The molecule has 0 saturated carbocycles. The highest BCUT2D eigenvalue weighted by Gasteiger charge is 2.18. The number of fused-ring (bicyclic) bond motifs is 1. The molecule has 20 heavy (non-hydrogen) atoms. The average Bonchev–Trinajstić information content (AvgIpc) is 2.92. The van der Waals surface area contributed by atoms with Crippen molar-refractivity contribution in [3.63, 3.8) is 0 Å². The molecule has 1 aliphatic carbocycles. The van der Waals surface area contributed by atoms with Gasteiger partial charge >= 0.3 is 0 Å². The molecule has 0 atom stereocenters. The highest BCUT2D eigenvalue weighted by Crippen LogP contribution is 2.27. The van der Waals surface area contributed by atoms with Gasteiger partial charge < -0.3 is 4.90 Å². The first-order valence-corrected chi connectivity index (χ1v) is 8.01. The minimum Gasteiger partial charge on any atom is -0.343 e. The summed E-state index contributed by atoms with van der Waals surface area (Å²) >= 11 is 1.38. The zero-order valence-corrected chi connectivity index (χ0v) is 12.8. The van der Waals surface area contributed by atoms with E-state index in [2.05, 4.69) is 11.1 Å². The largest absolute Gasteiger partial charge is 0.343 e. The summed E-state index contributed by atoms with van der Waals surface area (Å²) in [4.78, 5) is 18.4. The van der Waals surface area contributed by atoms with Crippen molar-refractivity contribution < 1.29 is 4.79 Å². The van der Waals surface area contributed by atoms with Crippen molar-refractivity contribution in [2.75, 3.05) is 18.8 Å². The van der Waals surface area contributed by atoms with Crippen LogP contribution < -0.4 is 0 Å². The summed E-state index contributed by atoms with van der Waals surface area (Å²) in [5, 5.41) is 9.92. The van der Waals surface area contributed by atoms with Crippen molar-refractivity contribution in [3.8, 4) is 6.07 Å². The van der Waals surface area contributed by atoms with Gasteiger partial charge in [0.1, 0.15) is 11.1 Å². The number of pyridine rings is 1. The first-order chi connectivity index (χ1) is 9.69. The Labute approximate surface area is 124 Å². The SMILES string of the molecule is CCN(CC)C(=O)CSc1nc2c(cc1C#N)CCC2. The number of amides is 1. The third kappa shape index (κ3) is 3.13. The smallest absolute Gasteiger partial charge is 0.232 e. The van der Waals surface area contributed by atoms with Crippen molar-refractivity contribution in [1.82, 2.24) is 9.88 Å². The first kappa shape index (κ1) is 14.9. The minimum absolute atomic E-state index is 0.103. The predicted octanol–water partition coefficient (Wildman–Crippen LogP) is 2.40. The van der Waals surface area contributed by atoms with Gasteiger partial charge in [0.2, 0.25) is 5.91 Å². The molecular formula is C15H19N3OS. The molecular weight excluding hydrogens is 270 g/mol. The van der Waals surface area contributed by atoms with Gasteiger partial charge in [-0.05, 0) is 44.7 Å². The molecule has 1 amide bonds. The Balaban J connectivity index is 2.10. The highest BCUT2D eigenvalue weighted by molar-refractivity contribution is 7.99. The van der Waals surface area contributed by atoms with Crippen molar-refractivity contribution >= 4 is 17.7 Å². The maximum Gasteiger partial charge on any atom is 0.232 e. The van der Waals surface area contributed by atoms with Gasteiger partial charge in [0.15, 0.2) is 0 Å². The van der Waals surface area contributed by atoms with Crippen LogP contribution in [0.4, 0.5) is 0 Å². The topological polar surface area (TPSA) is 57.0 Å². The molecule has 0 saturated heterocycles. The molecule has 0 spiro atoms. The van der Waals surface area contributed by atoms with Crippen LogP contribution in [-0.4, -0.2) is 34.6 Å². The van der Waals surface area contributed by atoms with E-state index >= 15 is 0 Å². The fourth-order valence-electron chi connectivity index (χ4n) is 2.44. The number of nitriles is 1. The van der Waals surface area contributed by atoms with Crippen LogP contribution in [-0.2, 0) is 17.6 Å². The van der Waals surface area contributed by atoms with E-state index in [4.69, 9.17) is 0 Å². The minimum atomic E-state index is 0.103. The number of hydrogen-bond donors (Lipinski definition) is 0. The Kier molecular flexibility index (Phi) is 5.02. The number of thioether (sulfide) groups is 1. The van der Waals surface area contributed by atoms with E-state index in [-0.39, 0.29) is 5.91 Å². The number of rotatable bonds is 5. The molecule has 1 aromatic heterocycles. The van der Waals surface area contributed by atoms with Crippen LogP contribution in [0.2, 0.25) is 0 Å². The van der Waals surface area contributed by atoms with E-state index in [1.54, 1.807) is 4.90 Å². The first-order valence-electron chi connectivity index (χ1n) is 7.03. The van der Waals surface area contributed by atoms with Gasteiger partial charge in [0, 0.05) is 18.8 Å². The number of aryl methyl sites for hydroxylation is 2. The third-order valence-electron chi connectivity index (χ3n) is 3.58. The Morgan fingerprint density at radius 3 is 2.85 bits per heavy atom. The molecule has 0 unspecified atom stereocenters. The molecule has 0 bridgehead atoms. The molecule has 0 aromatic carbocycles. The van der Waals surface area contributed by atoms with Gasteiger partial charge in [-0.15, -0.1) is 0 Å². The average molecular weight is 289 g/mol. The van der Waals surface area contributed by atoms with Gasteiger partial charge in [-0.1, -0.05) is 11.8 Å². The zero-order chi connectivity index (χ0) is 14.5. The van der Waals surface area contributed by atoms with Gasteiger partial charge in [0.25, 0.3) is 0 Å². The van der Waals surface area contributed by atoms with Gasteiger partial charge in [-0.25, -0.2) is 4.98 Å². The second kappa shape index (κ2) is 6.76. The normalized spacial score (nSPS) is 12.8. The summed E-state index contributed by atoms with van der Waals surface area (Å²) in [6, 6.07) is 4.14. The number of nitrogens with zero attached hydrogens (tertiary/aromatic N) is 3. The lowest BCUT2D eigenvalue weighted by atomic mass is 10.2. The molecule has 0 N–H and O–H groups in total. The highest BCUT2D eigenvalue weighted by atomic mass is 32.2. The van der Waals surface area contributed by atoms with E-state index in [9.17, 15) is 10.1 Å². The Morgan fingerprint density at radius 2 is 2.20 bits per heavy atom. The van der Waals surface area contributed by atoms with E-state index in [1.807, 2.05) is 19.9 Å². The van der Waals surface area contributed by atoms with Crippen molar-refractivity contribution in [2.45, 2.75) is 38.1 Å². The maximum absolute atomic E-state index is 12.0. The fourth-order valence-corrected chi connectivity index (χ4v) is 3.32. The molecule has 1 aromatic rings. The maximum atomic E-state index is 12.0. The Hall–Kier alpha value is -1.54. The van der Waals surface area contributed by atoms with Gasteiger partial charge in [-0.3, -0.25) is 4.79 Å². The van der Waals surface area contributed by atoms with Crippen LogP contribution >= 0.6 is 11.8 Å². The van der Waals surface area contributed by atoms with E-state index in [0.29, 0.717) is 16.3 Å².